The maximum absolute atomic E-state index is 5.66. The number of rotatable bonds is 6. The van der Waals surface area contributed by atoms with Crippen molar-refractivity contribution < 1.29 is 9.47 Å². The van der Waals surface area contributed by atoms with E-state index in [0.29, 0.717) is 0 Å². The van der Waals surface area contributed by atoms with Crippen LogP contribution in [0.15, 0.2) is 61.0 Å². The third-order valence-electron chi connectivity index (χ3n) is 3.98. The quantitative estimate of drug-likeness (QED) is 0.887. The summed E-state index contributed by atoms with van der Waals surface area (Å²) in [5.74, 6) is 0.849. The molecule has 0 aliphatic carbocycles. The maximum Gasteiger partial charge on any atom is 0.119 e. The van der Waals surface area contributed by atoms with Crippen molar-refractivity contribution in [3.05, 3.63) is 72.3 Å². The van der Waals surface area contributed by atoms with E-state index in [1.165, 1.54) is 0 Å². The summed E-state index contributed by atoms with van der Waals surface area (Å²) in [7, 11) is 1.69. The van der Waals surface area contributed by atoms with Crippen molar-refractivity contribution >= 4 is 0 Å². The van der Waals surface area contributed by atoms with Gasteiger partial charge in [0.25, 0.3) is 0 Å². The molecule has 0 fully saturated rings. The summed E-state index contributed by atoms with van der Waals surface area (Å²) in [6.07, 6.45) is 8.00. The van der Waals surface area contributed by atoms with E-state index in [9.17, 15) is 0 Å². The number of hydrogen-bond donors (Lipinski definition) is 1. The maximum atomic E-state index is 5.66. The minimum atomic E-state index is 0.0146. The summed E-state index contributed by atoms with van der Waals surface area (Å²) >= 11 is 0. The van der Waals surface area contributed by atoms with Gasteiger partial charge in [-0.15, -0.1) is 0 Å². The summed E-state index contributed by atoms with van der Waals surface area (Å²) in [6, 6.07) is 14.1. The highest BCUT2D eigenvalue weighted by atomic mass is 16.5. The molecule has 0 bridgehead atoms. The molecule has 2 atom stereocenters. The minimum absolute atomic E-state index is 0.0146. The molecular formula is C19H22N2O2. The van der Waals surface area contributed by atoms with E-state index in [1.54, 1.807) is 13.4 Å². The van der Waals surface area contributed by atoms with Crippen LogP contribution in [-0.4, -0.2) is 24.7 Å². The van der Waals surface area contributed by atoms with Gasteiger partial charge in [-0.1, -0.05) is 18.2 Å². The van der Waals surface area contributed by atoms with Crippen molar-refractivity contribution in [3.8, 4) is 5.75 Å². The Morgan fingerprint density at radius 1 is 1.30 bits per heavy atom. The van der Waals surface area contributed by atoms with Gasteiger partial charge >= 0.3 is 0 Å². The molecule has 1 aliphatic rings. The fourth-order valence-electron chi connectivity index (χ4n) is 2.75. The van der Waals surface area contributed by atoms with Crippen LogP contribution in [0.3, 0.4) is 0 Å². The van der Waals surface area contributed by atoms with Crippen LogP contribution in [0.1, 0.15) is 30.1 Å². The normalized spacial score (nSPS) is 18.2. The molecule has 2 heterocycles. The van der Waals surface area contributed by atoms with E-state index in [0.717, 1.165) is 36.4 Å². The fourth-order valence-corrected chi connectivity index (χ4v) is 2.75. The Morgan fingerprint density at radius 3 is 3.00 bits per heavy atom. The molecule has 0 saturated carbocycles. The van der Waals surface area contributed by atoms with E-state index in [2.05, 4.69) is 22.4 Å². The molecule has 1 N–H and O–H groups in total. The topological polar surface area (TPSA) is 43.4 Å². The standard InChI is InChI=1S/C19H22N2O2/c1-22-16-9-6-7-15(13-16)19(18-10-2-4-11-20-18)21-14-17-8-3-5-12-23-17/h2,4-7,9-13,17,19,21H,3,8,14H2,1H3/t17-,19-/m1/s1. The first-order valence-electron chi connectivity index (χ1n) is 7.95. The predicted octanol–water partition coefficient (Wildman–Crippen LogP) is 3.46. The summed E-state index contributed by atoms with van der Waals surface area (Å²) in [5.41, 5.74) is 2.13. The highest BCUT2D eigenvalue weighted by Gasteiger charge is 2.18. The number of allylic oxidation sites excluding steroid dienone is 1. The van der Waals surface area contributed by atoms with Gasteiger partial charge < -0.3 is 14.8 Å². The third-order valence-corrected chi connectivity index (χ3v) is 3.98. The van der Waals surface area contributed by atoms with E-state index in [4.69, 9.17) is 9.47 Å². The van der Waals surface area contributed by atoms with Gasteiger partial charge in [0.05, 0.1) is 25.1 Å². The van der Waals surface area contributed by atoms with Crippen LogP contribution in [0.4, 0.5) is 0 Å². The Morgan fingerprint density at radius 2 is 2.26 bits per heavy atom. The van der Waals surface area contributed by atoms with Crippen LogP contribution in [0.25, 0.3) is 0 Å². The highest BCUT2D eigenvalue weighted by Crippen LogP contribution is 2.24. The van der Waals surface area contributed by atoms with Gasteiger partial charge in [0.1, 0.15) is 11.9 Å². The van der Waals surface area contributed by atoms with Crippen LogP contribution < -0.4 is 10.1 Å². The second kappa shape index (κ2) is 7.79. The molecule has 23 heavy (non-hydrogen) atoms. The molecule has 0 radical (unpaired) electrons. The summed E-state index contributed by atoms with van der Waals surface area (Å²) in [5, 5.41) is 3.60. The molecule has 0 amide bonds. The number of nitrogens with zero attached hydrogens (tertiary/aromatic N) is 1. The van der Waals surface area contributed by atoms with Gasteiger partial charge in [0.15, 0.2) is 0 Å². The summed E-state index contributed by atoms with van der Waals surface area (Å²) in [6.45, 7) is 0.781. The Balaban J connectivity index is 1.80. The van der Waals surface area contributed by atoms with Crippen molar-refractivity contribution in [1.29, 1.82) is 0 Å². The lowest BCUT2D eigenvalue weighted by Gasteiger charge is -2.24. The number of ether oxygens (including phenoxy) is 2. The van der Waals surface area contributed by atoms with E-state index >= 15 is 0 Å². The smallest absolute Gasteiger partial charge is 0.119 e. The van der Waals surface area contributed by atoms with Crippen molar-refractivity contribution in [2.45, 2.75) is 25.0 Å². The second-order valence-corrected chi connectivity index (χ2v) is 5.58. The van der Waals surface area contributed by atoms with Crippen molar-refractivity contribution in [2.75, 3.05) is 13.7 Å². The Kier molecular flexibility index (Phi) is 5.27. The van der Waals surface area contributed by atoms with Gasteiger partial charge in [0.2, 0.25) is 0 Å². The average Bonchev–Trinajstić information content (AvgIpc) is 2.64. The van der Waals surface area contributed by atoms with Gasteiger partial charge in [-0.2, -0.15) is 0 Å². The molecule has 1 aromatic carbocycles. The minimum Gasteiger partial charge on any atom is -0.497 e. The van der Waals surface area contributed by atoms with Crippen molar-refractivity contribution in [3.63, 3.8) is 0 Å². The molecule has 4 heteroatoms. The number of methoxy groups -OCH3 is 1. The SMILES string of the molecule is COc1cccc([C@@H](NC[C@H]2CCC=CO2)c2ccccn2)c1. The van der Waals surface area contributed by atoms with Gasteiger partial charge in [-0.25, -0.2) is 0 Å². The number of benzene rings is 1. The number of pyridine rings is 1. The lowest BCUT2D eigenvalue weighted by atomic mass is 10.0. The van der Waals surface area contributed by atoms with Gasteiger partial charge in [-0.3, -0.25) is 4.98 Å². The van der Waals surface area contributed by atoms with E-state index in [-0.39, 0.29) is 12.1 Å². The molecule has 1 aliphatic heterocycles. The first-order chi connectivity index (χ1) is 11.4. The molecule has 0 saturated heterocycles. The molecule has 2 aromatic rings. The third kappa shape index (κ3) is 4.11. The van der Waals surface area contributed by atoms with Crippen LogP contribution in [0.2, 0.25) is 0 Å². The number of nitrogens with one attached hydrogen (secondary N) is 1. The molecule has 4 nitrogen and oxygen atoms in total. The van der Waals surface area contributed by atoms with E-state index < -0.39 is 0 Å². The molecule has 120 valence electrons. The van der Waals surface area contributed by atoms with Crippen LogP contribution in [0, 0.1) is 0 Å². The van der Waals surface area contributed by atoms with Crippen molar-refractivity contribution in [1.82, 2.24) is 10.3 Å². The van der Waals surface area contributed by atoms with Crippen LogP contribution >= 0.6 is 0 Å². The summed E-state index contributed by atoms with van der Waals surface area (Å²) in [4.78, 5) is 4.52. The summed E-state index contributed by atoms with van der Waals surface area (Å²) < 4.78 is 11.0. The Hall–Kier alpha value is -2.33. The van der Waals surface area contributed by atoms with Crippen LogP contribution in [0.5, 0.6) is 5.75 Å². The fraction of sp³-hybridized carbons (Fsp3) is 0.316. The lowest BCUT2D eigenvalue weighted by molar-refractivity contribution is 0.120. The van der Waals surface area contributed by atoms with Crippen LogP contribution in [-0.2, 0) is 4.74 Å². The largest absolute Gasteiger partial charge is 0.497 e. The second-order valence-electron chi connectivity index (χ2n) is 5.58. The highest BCUT2D eigenvalue weighted by molar-refractivity contribution is 5.34. The van der Waals surface area contributed by atoms with Gasteiger partial charge in [-0.05, 0) is 48.7 Å². The number of aromatic nitrogens is 1. The predicted molar refractivity (Wildman–Crippen MR) is 90.3 cm³/mol. The lowest BCUT2D eigenvalue weighted by Crippen LogP contribution is -2.33. The zero-order chi connectivity index (χ0) is 15.9. The zero-order valence-electron chi connectivity index (χ0n) is 13.3. The Labute approximate surface area is 137 Å². The molecule has 0 spiro atoms. The van der Waals surface area contributed by atoms with Crippen molar-refractivity contribution in [2.24, 2.45) is 0 Å². The van der Waals surface area contributed by atoms with Gasteiger partial charge in [0, 0.05) is 12.7 Å². The molecule has 1 aromatic heterocycles. The van der Waals surface area contributed by atoms with E-state index in [1.807, 2.05) is 42.6 Å². The average molecular weight is 310 g/mol. The number of hydrogen-bond acceptors (Lipinski definition) is 4. The first-order valence-corrected chi connectivity index (χ1v) is 7.95. The zero-order valence-corrected chi connectivity index (χ0v) is 13.3. The first kappa shape index (κ1) is 15.6. The molecule has 0 unspecified atom stereocenters. The molecular weight excluding hydrogens is 288 g/mol. The Bertz CT molecular complexity index is 643. The molecule has 3 rings (SSSR count). The monoisotopic (exact) mass is 310 g/mol.